The largest absolute Gasteiger partial charge is 0.309 e. The van der Waals surface area contributed by atoms with Gasteiger partial charge in [0.15, 0.2) is 0 Å². The molecule has 234 valence electrons. The third-order valence-corrected chi connectivity index (χ3v) is 10.1. The molecule has 10 rings (SSSR count). The quantitative estimate of drug-likeness (QED) is 0.178. The minimum absolute atomic E-state index is 1.16. The molecular formula is C48H32N2. The van der Waals surface area contributed by atoms with Crippen molar-refractivity contribution in [3.05, 3.63) is 194 Å². The summed E-state index contributed by atoms with van der Waals surface area (Å²) in [4.78, 5) is 0. The first-order valence-corrected chi connectivity index (χ1v) is 17.2. The predicted octanol–water partition coefficient (Wildman–Crippen LogP) is 12.9. The van der Waals surface area contributed by atoms with Crippen LogP contribution in [0.15, 0.2) is 194 Å². The standard InChI is InChI=1S/C48H32N2/c1-3-14-33(15-4-1)35-26-28-36(29-27-35)39-20-7-10-23-42(39)50-44-25-12-9-22-41(44)48-46(50)31-30-45-47(48)40-21-8-11-24-43(40)49(45)38-19-13-18-37(32-38)34-16-5-2-6-17-34/h1-32H. The molecule has 0 amide bonds. The van der Waals surface area contributed by atoms with E-state index in [0.717, 1.165) is 5.69 Å². The molecule has 0 fully saturated rings. The van der Waals surface area contributed by atoms with E-state index in [1.807, 2.05) is 0 Å². The fraction of sp³-hybridized carbons (Fsp3) is 0. The highest BCUT2D eigenvalue weighted by Gasteiger charge is 2.21. The van der Waals surface area contributed by atoms with E-state index in [4.69, 9.17) is 0 Å². The van der Waals surface area contributed by atoms with Crippen LogP contribution in [0.5, 0.6) is 0 Å². The number of hydrogen-bond acceptors (Lipinski definition) is 0. The lowest BCUT2D eigenvalue weighted by molar-refractivity contribution is 1.17. The third kappa shape index (κ3) is 4.43. The Labute approximate surface area is 290 Å². The Morgan fingerprint density at radius 2 is 0.760 bits per heavy atom. The van der Waals surface area contributed by atoms with Crippen LogP contribution in [0.1, 0.15) is 0 Å². The third-order valence-electron chi connectivity index (χ3n) is 10.1. The summed E-state index contributed by atoms with van der Waals surface area (Å²) in [6.07, 6.45) is 0. The molecule has 2 aromatic heterocycles. The van der Waals surface area contributed by atoms with Crippen molar-refractivity contribution in [1.29, 1.82) is 0 Å². The first kappa shape index (κ1) is 28.4. The van der Waals surface area contributed by atoms with Gasteiger partial charge < -0.3 is 9.13 Å². The Kier molecular flexibility index (Phi) is 6.53. The number of fused-ring (bicyclic) bond motifs is 7. The maximum absolute atomic E-state index is 2.46. The molecule has 0 unspecified atom stereocenters. The van der Waals surface area contributed by atoms with Gasteiger partial charge in [0.05, 0.1) is 27.8 Å². The minimum Gasteiger partial charge on any atom is -0.309 e. The van der Waals surface area contributed by atoms with Crippen LogP contribution >= 0.6 is 0 Å². The summed E-state index contributed by atoms with van der Waals surface area (Å²) in [5, 5.41) is 5.07. The first-order chi connectivity index (χ1) is 24.8. The summed E-state index contributed by atoms with van der Waals surface area (Å²) in [7, 11) is 0. The molecule has 2 heterocycles. The molecule has 50 heavy (non-hydrogen) atoms. The minimum atomic E-state index is 1.16. The van der Waals surface area contributed by atoms with E-state index in [-0.39, 0.29) is 0 Å². The zero-order chi connectivity index (χ0) is 33.0. The Balaban J connectivity index is 1.22. The zero-order valence-electron chi connectivity index (χ0n) is 27.4. The molecular weight excluding hydrogens is 605 g/mol. The molecule has 10 aromatic rings. The molecule has 2 nitrogen and oxygen atoms in total. The van der Waals surface area contributed by atoms with Gasteiger partial charge in [-0.1, -0.05) is 152 Å². The van der Waals surface area contributed by atoms with Gasteiger partial charge in [-0.3, -0.25) is 0 Å². The fourth-order valence-electron chi connectivity index (χ4n) is 7.90. The molecule has 0 N–H and O–H groups in total. The van der Waals surface area contributed by atoms with Crippen LogP contribution in [-0.2, 0) is 0 Å². The lowest BCUT2D eigenvalue weighted by Gasteiger charge is -2.15. The molecule has 8 aromatic carbocycles. The number of hydrogen-bond donors (Lipinski definition) is 0. The smallest absolute Gasteiger partial charge is 0.0549 e. The van der Waals surface area contributed by atoms with E-state index in [0.29, 0.717) is 0 Å². The summed E-state index contributed by atoms with van der Waals surface area (Å²) in [6, 6.07) is 70.3. The van der Waals surface area contributed by atoms with Gasteiger partial charge in [-0.15, -0.1) is 0 Å². The van der Waals surface area contributed by atoms with Crippen molar-refractivity contribution in [2.24, 2.45) is 0 Å². The van der Waals surface area contributed by atoms with Gasteiger partial charge in [0.1, 0.15) is 0 Å². The molecule has 0 aliphatic heterocycles. The number of benzene rings is 8. The van der Waals surface area contributed by atoms with Crippen LogP contribution in [0.4, 0.5) is 0 Å². The van der Waals surface area contributed by atoms with E-state index in [9.17, 15) is 0 Å². The summed E-state index contributed by atoms with van der Waals surface area (Å²) in [5.41, 5.74) is 14.4. The monoisotopic (exact) mass is 636 g/mol. The Morgan fingerprint density at radius 1 is 0.280 bits per heavy atom. The molecule has 0 radical (unpaired) electrons. The molecule has 0 saturated heterocycles. The average Bonchev–Trinajstić information content (AvgIpc) is 3.71. The van der Waals surface area contributed by atoms with Crippen LogP contribution < -0.4 is 0 Å². The maximum atomic E-state index is 2.46. The van der Waals surface area contributed by atoms with E-state index >= 15 is 0 Å². The first-order valence-electron chi connectivity index (χ1n) is 17.2. The second-order valence-corrected chi connectivity index (χ2v) is 12.9. The van der Waals surface area contributed by atoms with Crippen LogP contribution in [0.25, 0.3) is 88.4 Å². The second kappa shape index (κ2) is 11.5. The molecule has 0 bridgehead atoms. The van der Waals surface area contributed by atoms with Gasteiger partial charge in [-0.2, -0.15) is 0 Å². The second-order valence-electron chi connectivity index (χ2n) is 12.9. The summed E-state index contributed by atoms with van der Waals surface area (Å²) >= 11 is 0. The van der Waals surface area contributed by atoms with Crippen molar-refractivity contribution in [2.75, 3.05) is 0 Å². The van der Waals surface area contributed by atoms with Crippen LogP contribution in [0.3, 0.4) is 0 Å². The van der Waals surface area contributed by atoms with Gasteiger partial charge in [0.25, 0.3) is 0 Å². The van der Waals surface area contributed by atoms with Crippen molar-refractivity contribution in [3.63, 3.8) is 0 Å². The molecule has 0 atom stereocenters. The molecule has 0 aliphatic rings. The van der Waals surface area contributed by atoms with E-state index < -0.39 is 0 Å². The van der Waals surface area contributed by atoms with Crippen molar-refractivity contribution < 1.29 is 0 Å². The number of para-hydroxylation sites is 3. The van der Waals surface area contributed by atoms with Crippen molar-refractivity contribution in [2.45, 2.75) is 0 Å². The average molecular weight is 637 g/mol. The van der Waals surface area contributed by atoms with Crippen molar-refractivity contribution in [1.82, 2.24) is 9.13 Å². The lowest BCUT2D eigenvalue weighted by atomic mass is 9.99. The number of aromatic nitrogens is 2. The highest BCUT2D eigenvalue weighted by Crippen LogP contribution is 2.43. The highest BCUT2D eigenvalue weighted by atomic mass is 15.0. The van der Waals surface area contributed by atoms with Gasteiger partial charge in [0, 0.05) is 32.8 Å². The summed E-state index contributed by atoms with van der Waals surface area (Å²) in [5.74, 6) is 0. The van der Waals surface area contributed by atoms with Crippen molar-refractivity contribution >= 4 is 43.6 Å². The van der Waals surface area contributed by atoms with Crippen LogP contribution in [-0.4, -0.2) is 9.13 Å². The predicted molar refractivity (Wildman–Crippen MR) is 211 cm³/mol. The van der Waals surface area contributed by atoms with Crippen LogP contribution in [0.2, 0.25) is 0 Å². The van der Waals surface area contributed by atoms with Gasteiger partial charge >= 0.3 is 0 Å². The normalized spacial score (nSPS) is 11.6. The Bertz CT molecular complexity index is 2840. The number of rotatable bonds is 5. The SMILES string of the molecule is c1ccc(-c2ccc(-c3ccccc3-n3c4ccccc4c4c5c6ccccc6n(-c6cccc(-c7ccccc7)c6)c5ccc43)cc2)cc1. The summed E-state index contributed by atoms with van der Waals surface area (Å²) < 4.78 is 4.90. The van der Waals surface area contributed by atoms with Crippen molar-refractivity contribution in [3.8, 4) is 44.8 Å². The molecule has 0 saturated carbocycles. The Hall–Kier alpha value is -6.64. The topological polar surface area (TPSA) is 9.86 Å². The lowest BCUT2D eigenvalue weighted by Crippen LogP contribution is -1.97. The van der Waals surface area contributed by atoms with Gasteiger partial charge in [-0.05, 0) is 70.3 Å². The molecule has 0 spiro atoms. The summed E-state index contributed by atoms with van der Waals surface area (Å²) in [6.45, 7) is 0. The maximum Gasteiger partial charge on any atom is 0.0549 e. The molecule has 0 aliphatic carbocycles. The van der Waals surface area contributed by atoms with Gasteiger partial charge in [0.2, 0.25) is 0 Å². The van der Waals surface area contributed by atoms with Crippen LogP contribution in [0, 0.1) is 0 Å². The Morgan fingerprint density at radius 3 is 1.44 bits per heavy atom. The zero-order valence-corrected chi connectivity index (χ0v) is 27.4. The fourth-order valence-corrected chi connectivity index (χ4v) is 7.90. The van der Waals surface area contributed by atoms with E-state index in [1.54, 1.807) is 0 Å². The number of nitrogens with zero attached hydrogens (tertiary/aromatic N) is 2. The van der Waals surface area contributed by atoms with E-state index in [2.05, 4.69) is 203 Å². The van der Waals surface area contributed by atoms with E-state index in [1.165, 1.54) is 82.7 Å². The van der Waals surface area contributed by atoms with Gasteiger partial charge in [-0.25, -0.2) is 0 Å². The highest BCUT2D eigenvalue weighted by molar-refractivity contribution is 6.29. The molecule has 2 heteroatoms.